The lowest BCUT2D eigenvalue weighted by Gasteiger charge is -2.05. The molecule has 2 rings (SSSR count). The second kappa shape index (κ2) is 3.18. The van der Waals surface area contributed by atoms with Gasteiger partial charge in [-0.25, -0.2) is 0 Å². The maximum Gasteiger partial charge on any atom is 0.259 e. The average Bonchev–Trinajstić information content (AvgIpc) is 2.23. The van der Waals surface area contributed by atoms with Crippen LogP contribution in [0.5, 0.6) is 5.75 Å². The first kappa shape index (κ1) is 8.81. The second-order valence-electron chi connectivity index (χ2n) is 3.18. The molecule has 0 aliphatic rings. The summed E-state index contributed by atoms with van der Waals surface area (Å²) >= 11 is 0. The molecule has 0 atom stereocenters. The van der Waals surface area contributed by atoms with E-state index in [1.165, 1.54) is 0 Å². The van der Waals surface area contributed by atoms with E-state index >= 15 is 0 Å². The van der Waals surface area contributed by atoms with E-state index in [-0.39, 0.29) is 5.56 Å². The number of benzene rings is 1. The maximum absolute atomic E-state index is 11.6. The molecule has 72 valence electrons. The van der Waals surface area contributed by atoms with Crippen molar-refractivity contribution in [3.8, 4) is 5.75 Å². The highest BCUT2D eigenvalue weighted by Crippen LogP contribution is 2.23. The summed E-state index contributed by atoms with van der Waals surface area (Å²) in [4.78, 5) is 14.3. The summed E-state index contributed by atoms with van der Waals surface area (Å²) in [5.41, 5.74) is 0.932. The minimum Gasteiger partial charge on any atom is -0.496 e. The molecule has 3 nitrogen and oxygen atoms in total. The van der Waals surface area contributed by atoms with E-state index < -0.39 is 0 Å². The molecule has 0 amide bonds. The number of rotatable bonds is 1. The Bertz CT molecular complexity index is 528. The molecular weight excluding hydrogens is 178 g/mol. The summed E-state index contributed by atoms with van der Waals surface area (Å²) in [6.07, 6.45) is 1.71. The van der Waals surface area contributed by atoms with Gasteiger partial charge in [0.1, 0.15) is 5.75 Å². The third kappa shape index (κ3) is 1.18. The first-order valence-corrected chi connectivity index (χ1v) is 4.39. The van der Waals surface area contributed by atoms with Gasteiger partial charge in [0, 0.05) is 6.20 Å². The van der Waals surface area contributed by atoms with Gasteiger partial charge >= 0.3 is 0 Å². The van der Waals surface area contributed by atoms with Gasteiger partial charge in [0.05, 0.1) is 12.5 Å². The van der Waals surface area contributed by atoms with E-state index in [9.17, 15) is 4.79 Å². The van der Waals surface area contributed by atoms with Crippen LogP contribution in [0.4, 0.5) is 0 Å². The second-order valence-corrected chi connectivity index (χ2v) is 3.18. The zero-order valence-corrected chi connectivity index (χ0v) is 8.13. The SMILES string of the molecule is COc1cccc2c(C)c[nH]c(=O)c12. The summed E-state index contributed by atoms with van der Waals surface area (Å²) in [6.45, 7) is 1.96. The number of fused-ring (bicyclic) bond motifs is 1. The number of hydrogen-bond donors (Lipinski definition) is 1. The van der Waals surface area contributed by atoms with E-state index in [1.54, 1.807) is 19.4 Å². The Kier molecular flexibility index (Phi) is 2.00. The number of hydrogen-bond acceptors (Lipinski definition) is 2. The van der Waals surface area contributed by atoms with Crippen LogP contribution in [-0.4, -0.2) is 12.1 Å². The molecule has 0 spiro atoms. The summed E-state index contributed by atoms with van der Waals surface area (Å²) in [5, 5.41) is 1.56. The third-order valence-electron chi connectivity index (χ3n) is 2.32. The Morgan fingerprint density at radius 3 is 2.86 bits per heavy atom. The van der Waals surface area contributed by atoms with Crippen molar-refractivity contribution in [3.05, 3.63) is 40.3 Å². The topological polar surface area (TPSA) is 42.1 Å². The molecule has 0 bridgehead atoms. The third-order valence-corrected chi connectivity index (χ3v) is 2.32. The summed E-state index contributed by atoms with van der Waals surface area (Å²) in [5.74, 6) is 0.618. The highest BCUT2D eigenvalue weighted by Gasteiger charge is 2.06. The fourth-order valence-electron chi connectivity index (χ4n) is 1.59. The summed E-state index contributed by atoms with van der Waals surface area (Å²) in [6, 6.07) is 5.59. The quantitative estimate of drug-likeness (QED) is 0.743. The Labute approximate surface area is 81.3 Å². The maximum atomic E-state index is 11.6. The minimum atomic E-state index is -0.108. The number of aromatic amines is 1. The fourth-order valence-corrected chi connectivity index (χ4v) is 1.59. The van der Waals surface area contributed by atoms with Crippen LogP contribution in [-0.2, 0) is 0 Å². The molecule has 1 N–H and O–H groups in total. The van der Waals surface area contributed by atoms with Crippen molar-refractivity contribution in [1.29, 1.82) is 0 Å². The van der Waals surface area contributed by atoms with Gasteiger partial charge < -0.3 is 9.72 Å². The first-order valence-electron chi connectivity index (χ1n) is 4.39. The minimum absolute atomic E-state index is 0.108. The number of methoxy groups -OCH3 is 1. The zero-order chi connectivity index (χ0) is 10.1. The summed E-state index contributed by atoms with van der Waals surface area (Å²) < 4.78 is 5.14. The van der Waals surface area contributed by atoms with Gasteiger partial charge in [0.2, 0.25) is 0 Å². The number of aryl methyl sites for hydroxylation is 1. The molecule has 0 radical (unpaired) electrons. The number of H-pyrrole nitrogens is 1. The zero-order valence-electron chi connectivity index (χ0n) is 8.13. The van der Waals surface area contributed by atoms with Gasteiger partial charge in [-0.2, -0.15) is 0 Å². The Morgan fingerprint density at radius 2 is 2.14 bits per heavy atom. The van der Waals surface area contributed by atoms with Crippen LogP contribution in [0.15, 0.2) is 29.2 Å². The van der Waals surface area contributed by atoms with Gasteiger partial charge in [-0.1, -0.05) is 12.1 Å². The van der Waals surface area contributed by atoms with E-state index in [1.807, 2.05) is 19.1 Å². The molecule has 0 saturated carbocycles. The van der Waals surface area contributed by atoms with Crippen LogP contribution in [0.2, 0.25) is 0 Å². The van der Waals surface area contributed by atoms with Crippen LogP contribution in [0.1, 0.15) is 5.56 Å². The molecule has 1 aromatic heterocycles. The molecule has 14 heavy (non-hydrogen) atoms. The number of nitrogens with one attached hydrogen (secondary N) is 1. The molecule has 0 fully saturated rings. The molecule has 0 unspecified atom stereocenters. The first-order chi connectivity index (χ1) is 6.74. The molecule has 3 heteroatoms. The number of aromatic nitrogens is 1. The van der Waals surface area contributed by atoms with Gasteiger partial charge in [-0.05, 0) is 23.9 Å². The Balaban J connectivity index is 2.99. The van der Waals surface area contributed by atoms with Crippen molar-refractivity contribution >= 4 is 10.8 Å². The highest BCUT2D eigenvalue weighted by atomic mass is 16.5. The number of ether oxygens (including phenoxy) is 1. The largest absolute Gasteiger partial charge is 0.496 e. The van der Waals surface area contributed by atoms with Crippen molar-refractivity contribution in [2.45, 2.75) is 6.92 Å². The van der Waals surface area contributed by atoms with Crippen molar-refractivity contribution < 1.29 is 4.74 Å². The molecule has 0 saturated heterocycles. The van der Waals surface area contributed by atoms with Crippen LogP contribution in [0.25, 0.3) is 10.8 Å². The summed E-state index contributed by atoms with van der Waals surface area (Å²) in [7, 11) is 1.57. The van der Waals surface area contributed by atoms with Crippen LogP contribution >= 0.6 is 0 Å². The smallest absolute Gasteiger partial charge is 0.259 e. The predicted octanol–water partition coefficient (Wildman–Crippen LogP) is 1.85. The molecular formula is C11H11NO2. The predicted molar refractivity (Wildman–Crippen MR) is 55.9 cm³/mol. The molecule has 2 aromatic rings. The van der Waals surface area contributed by atoms with Crippen molar-refractivity contribution in [2.24, 2.45) is 0 Å². The van der Waals surface area contributed by atoms with E-state index in [4.69, 9.17) is 4.74 Å². The van der Waals surface area contributed by atoms with Crippen molar-refractivity contribution in [3.63, 3.8) is 0 Å². The van der Waals surface area contributed by atoms with Gasteiger partial charge in [0.25, 0.3) is 5.56 Å². The molecule has 0 aliphatic heterocycles. The highest BCUT2D eigenvalue weighted by molar-refractivity contribution is 5.89. The monoisotopic (exact) mass is 189 g/mol. The lowest BCUT2D eigenvalue weighted by molar-refractivity contribution is 0.419. The average molecular weight is 189 g/mol. The fraction of sp³-hybridized carbons (Fsp3) is 0.182. The molecule has 1 heterocycles. The van der Waals surface area contributed by atoms with Crippen LogP contribution < -0.4 is 10.3 Å². The number of pyridine rings is 1. The van der Waals surface area contributed by atoms with Gasteiger partial charge in [0.15, 0.2) is 0 Å². The van der Waals surface area contributed by atoms with E-state index in [0.717, 1.165) is 10.9 Å². The Hall–Kier alpha value is -1.77. The lowest BCUT2D eigenvalue weighted by Crippen LogP contribution is -2.07. The molecule has 1 aromatic carbocycles. The lowest BCUT2D eigenvalue weighted by atomic mass is 10.1. The van der Waals surface area contributed by atoms with Gasteiger partial charge in [-0.3, -0.25) is 4.79 Å². The standard InChI is InChI=1S/C11H11NO2/c1-7-6-12-11(13)10-8(7)4-3-5-9(10)14-2/h3-6H,1-2H3,(H,12,13). The van der Waals surface area contributed by atoms with Crippen molar-refractivity contribution in [2.75, 3.05) is 7.11 Å². The normalized spacial score (nSPS) is 10.4. The van der Waals surface area contributed by atoms with Crippen molar-refractivity contribution in [1.82, 2.24) is 4.98 Å². The van der Waals surface area contributed by atoms with Gasteiger partial charge in [-0.15, -0.1) is 0 Å². The van der Waals surface area contributed by atoms with Crippen LogP contribution in [0, 0.1) is 6.92 Å². The van der Waals surface area contributed by atoms with E-state index in [2.05, 4.69) is 4.98 Å². The Morgan fingerprint density at radius 1 is 1.36 bits per heavy atom. The molecule has 0 aliphatic carbocycles. The van der Waals surface area contributed by atoms with E-state index in [0.29, 0.717) is 11.1 Å². The van der Waals surface area contributed by atoms with Crippen LogP contribution in [0.3, 0.4) is 0 Å².